The number of carbonyl (C=O) groups excluding carboxylic acids is 4. The summed E-state index contributed by atoms with van der Waals surface area (Å²) in [5, 5.41) is 23.4. The lowest BCUT2D eigenvalue weighted by molar-refractivity contribution is -0.320. The third kappa shape index (κ3) is 7.37. The summed E-state index contributed by atoms with van der Waals surface area (Å²) in [6.45, 7) is 12.2. The molecule has 4 aliphatic carbocycles. The standard InChI is InChI=1S/C41H60O14/c1-20-37(46)31(51-22(3)42)17-36(49-20)55-38-21(2)50-35(18-32(38)52-23(4)43)54-27-10-12-39(6)26(15-27)8-9-29-30(39)16-33(53-24(5)44)40(7)28(11-13-41(29,40)47)25-14-34(45)48-19-25/h14,20-21,26-33,35-38,46-47H,8-13,15-19H2,1-7H3/t20?,21?,26-,27+,28-,29-,30+,31-,32-,33-,35+,36-,37?,38?,39+,40+,41+/m1/s1. The van der Waals surface area contributed by atoms with Gasteiger partial charge in [0, 0.05) is 45.1 Å². The molecular weight excluding hydrogens is 716 g/mol. The normalized spacial score (nSPS) is 48.0. The molecule has 6 fully saturated rings. The average molecular weight is 777 g/mol. The number of fused-ring (bicyclic) bond motifs is 5. The zero-order chi connectivity index (χ0) is 39.6. The van der Waals surface area contributed by atoms with Gasteiger partial charge in [-0.2, -0.15) is 0 Å². The molecule has 0 aromatic rings. The molecule has 0 aromatic heterocycles. The maximum Gasteiger partial charge on any atom is 0.331 e. The molecule has 0 amide bonds. The summed E-state index contributed by atoms with van der Waals surface area (Å²) in [4.78, 5) is 48.6. The molecule has 4 saturated carbocycles. The van der Waals surface area contributed by atoms with Crippen molar-refractivity contribution in [2.45, 2.75) is 180 Å². The van der Waals surface area contributed by atoms with E-state index in [9.17, 15) is 29.4 Å². The molecule has 3 aliphatic heterocycles. The molecule has 0 aromatic carbocycles. The molecule has 7 rings (SSSR count). The Hall–Kier alpha value is -2.62. The predicted octanol–water partition coefficient (Wildman–Crippen LogP) is 4.05. The average Bonchev–Trinajstić information content (AvgIpc) is 3.64. The number of cyclic esters (lactones) is 1. The molecule has 0 spiro atoms. The third-order valence-electron chi connectivity index (χ3n) is 14.9. The first-order valence-corrected chi connectivity index (χ1v) is 20.3. The van der Waals surface area contributed by atoms with Gasteiger partial charge in [-0.25, -0.2) is 4.79 Å². The Morgan fingerprint density at radius 1 is 0.782 bits per heavy atom. The number of esters is 4. The fraction of sp³-hybridized carbons (Fsp3) is 0.854. The van der Waals surface area contributed by atoms with Crippen LogP contribution in [0.4, 0.5) is 0 Å². The maximum absolute atomic E-state index is 12.9. The second-order valence-corrected chi connectivity index (χ2v) is 17.9. The van der Waals surface area contributed by atoms with E-state index in [-0.39, 0.29) is 60.7 Å². The Bertz CT molecular complexity index is 1530. The van der Waals surface area contributed by atoms with E-state index in [1.165, 1.54) is 20.8 Å². The van der Waals surface area contributed by atoms with Crippen molar-refractivity contribution in [1.82, 2.24) is 0 Å². The van der Waals surface area contributed by atoms with Crippen LogP contribution in [0, 0.1) is 34.5 Å². The van der Waals surface area contributed by atoms with Gasteiger partial charge in [-0.1, -0.05) is 13.8 Å². The largest absolute Gasteiger partial charge is 0.462 e. The summed E-state index contributed by atoms with van der Waals surface area (Å²) < 4.78 is 47.8. The Labute approximate surface area is 323 Å². The van der Waals surface area contributed by atoms with Gasteiger partial charge in [-0.15, -0.1) is 0 Å². The molecule has 2 saturated heterocycles. The summed E-state index contributed by atoms with van der Waals surface area (Å²) in [5.74, 6) is -1.35. The second kappa shape index (κ2) is 15.3. The lowest BCUT2D eigenvalue weighted by Gasteiger charge is -2.65. The van der Waals surface area contributed by atoms with Crippen molar-refractivity contribution in [2.24, 2.45) is 34.5 Å². The van der Waals surface area contributed by atoms with Crippen molar-refractivity contribution >= 4 is 23.9 Å². The van der Waals surface area contributed by atoms with E-state index in [2.05, 4.69) is 13.8 Å². The molecule has 4 unspecified atom stereocenters. The van der Waals surface area contributed by atoms with Gasteiger partial charge in [0.1, 0.15) is 37.1 Å². The zero-order valence-electron chi connectivity index (χ0n) is 33.2. The first-order chi connectivity index (χ1) is 25.9. The minimum atomic E-state index is -1.06. The molecule has 7 aliphatic rings. The van der Waals surface area contributed by atoms with Gasteiger partial charge in [0.15, 0.2) is 12.6 Å². The van der Waals surface area contributed by atoms with Gasteiger partial charge in [-0.05, 0) is 99.9 Å². The van der Waals surface area contributed by atoms with E-state index >= 15 is 0 Å². The zero-order valence-corrected chi connectivity index (χ0v) is 33.2. The SMILES string of the molecule is CC(=O)O[C@@H]1C[C@@H](OC2C(C)O[C@@H](O[C@H]3CC[C@@]4(C)[C@H](CC[C@@H]5[C@@H]4C[C@@H](OC(C)=O)[C@]4(C)[C@@H](C6=CC(=O)OC6)CC[C@]54O)C3)C[C@H]2OC(C)=O)OC(C)C1O. The van der Waals surface area contributed by atoms with Crippen LogP contribution in [0.3, 0.4) is 0 Å². The highest BCUT2D eigenvalue weighted by Gasteiger charge is 2.72. The van der Waals surface area contributed by atoms with Crippen molar-refractivity contribution in [1.29, 1.82) is 0 Å². The molecule has 14 heteroatoms. The second-order valence-electron chi connectivity index (χ2n) is 17.9. The van der Waals surface area contributed by atoms with Gasteiger partial charge < -0.3 is 48.1 Å². The van der Waals surface area contributed by atoms with Crippen LogP contribution in [-0.4, -0.2) is 108 Å². The van der Waals surface area contributed by atoms with Crippen molar-refractivity contribution < 1.29 is 67.3 Å². The van der Waals surface area contributed by atoms with Crippen molar-refractivity contribution in [3.8, 4) is 0 Å². The van der Waals surface area contributed by atoms with Crippen LogP contribution in [0.25, 0.3) is 0 Å². The lowest BCUT2D eigenvalue weighted by Crippen LogP contribution is -2.67. The van der Waals surface area contributed by atoms with Gasteiger partial charge in [0.2, 0.25) is 0 Å². The number of carbonyl (C=O) groups is 4. The Balaban J connectivity index is 1.02. The smallest absolute Gasteiger partial charge is 0.331 e. The summed E-state index contributed by atoms with van der Waals surface area (Å²) in [5.41, 5.74) is -1.04. The summed E-state index contributed by atoms with van der Waals surface area (Å²) >= 11 is 0. The molecule has 55 heavy (non-hydrogen) atoms. The maximum atomic E-state index is 12.9. The van der Waals surface area contributed by atoms with Gasteiger partial charge in [-0.3, -0.25) is 14.4 Å². The number of hydrogen-bond donors (Lipinski definition) is 2. The van der Waals surface area contributed by atoms with Gasteiger partial charge >= 0.3 is 23.9 Å². The lowest BCUT2D eigenvalue weighted by atomic mass is 9.42. The van der Waals surface area contributed by atoms with Crippen molar-refractivity contribution in [3.05, 3.63) is 11.6 Å². The van der Waals surface area contributed by atoms with E-state index in [0.29, 0.717) is 25.2 Å². The van der Waals surface area contributed by atoms with Gasteiger partial charge in [0.05, 0.1) is 23.9 Å². The quantitative estimate of drug-likeness (QED) is 0.205. The van der Waals surface area contributed by atoms with Crippen molar-refractivity contribution in [3.63, 3.8) is 0 Å². The summed E-state index contributed by atoms with van der Waals surface area (Å²) in [7, 11) is 0. The monoisotopic (exact) mass is 776 g/mol. The van der Waals surface area contributed by atoms with E-state index in [4.69, 9.17) is 37.9 Å². The molecular formula is C41H60O14. The summed E-state index contributed by atoms with van der Waals surface area (Å²) in [6, 6.07) is 0. The Morgan fingerprint density at radius 2 is 1.44 bits per heavy atom. The number of ether oxygens (including phenoxy) is 8. The van der Waals surface area contributed by atoms with E-state index < -0.39 is 78.3 Å². The molecule has 0 radical (unpaired) electrons. The highest BCUT2D eigenvalue weighted by atomic mass is 16.7. The molecule has 0 bridgehead atoms. The molecule has 3 heterocycles. The molecule has 2 N–H and O–H groups in total. The third-order valence-corrected chi connectivity index (χ3v) is 14.9. The first-order valence-electron chi connectivity index (χ1n) is 20.3. The Kier molecular flexibility index (Phi) is 11.3. The fourth-order valence-electron chi connectivity index (χ4n) is 12.2. The van der Waals surface area contributed by atoms with Crippen molar-refractivity contribution in [2.75, 3.05) is 6.61 Å². The van der Waals surface area contributed by atoms with Crippen LogP contribution in [0.2, 0.25) is 0 Å². The van der Waals surface area contributed by atoms with Crippen LogP contribution < -0.4 is 0 Å². The summed E-state index contributed by atoms with van der Waals surface area (Å²) in [6.07, 6.45) is 1.63. The Morgan fingerprint density at radius 3 is 2.11 bits per heavy atom. The van der Waals surface area contributed by atoms with E-state index in [0.717, 1.165) is 37.7 Å². The van der Waals surface area contributed by atoms with Gasteiger partial charge in [0.25, 0.3) is 0 Å². The minimum Gasteiger partial charge on any atom is -0.462 e. The first kappa shape index (κ1) is 40.6. The van der Waals surface area contributed by atoms with E-state index in [1.54, 1.807) is 13.0 Å². The predicted molar refractivity (Wildman–Crippen MR) is 191 cm³/mol. The number of aliphatic hydroxyl groups excluding tert-OH is 1. The van der Waals surface area contributed by atoms with Crippen LogP contribution in [-0.2, 0) is 57.1 Å². The molecule has 14 nitrogen and oxygen atoms in total. The number of rotatable bonds is 8. The van der Waals surface area contributed by atoms with E-state index in [1.807, 2.05) is 6.92 Å². The highest BCUT2D eigenvalue weighted by Crippen LogP contribution is 2.70. The topological polar surface area (TPSA) is 183 Å². The fourth-order valence-corrected chi connectivity index (χ4v) is 12.2. The molecule has 308 valence electrons. The highest BCUT2D eigenvalue weighted by molar-refractivity contribution is 5.85. The van der Waals surface area contributed by atoms with Crippen LogP contribution in [0.15, 0.2) is 11.6 Å². The minimum absolute atomic E-state index is 0.0271. The number of aliphatic hydroxyl groups is 2. The van der Waals surface area contributed by atoms with Crippen LogP contribution in [0.5, 0.6) is 0 Å². The van der Waals surface area contributed by atoms with Crippen LogP contribution in [0.1, 0.15) is 113 Å². The number of hydrogen-bond acceptors (Lipinski definition) is 14. The molecule has 17 atom stereocenters. The van der Waals surface area contributed by atoms with Crippen LogP contribution >= 0.6 is 0 Å².